The third kappa shape index (κ3) is 6.22. The van der Waals surface area contributed by atoms with Crippen molar-refractivity contribution in [3.63, 3.8) is 0 Å². The topological polar surface area (TPSA) is 66.4 Å². The first kappa shape index (κ1) is 20.0. The maximum absolute atomic E-state index is 12.3. The molecule has 0 bridgehead atoms. The molecule has 0 aromatic heterocycles. The van der Waals surface area contributed by atoms with Gasteiger partial charge in [0.1, 0.15) is 0 Å². The number of aliphatic carboxylic acids is 1. The molecule has 1 rings (SSSR count). The van der Waals surface area contributed by atoms with Crippen LogP contribution in [0.3, 0.4) is 0 Å². The molecule has 7 heteroatoms. The average Bonchev–Trinajstić information content (AvgIpc) is 2.43. The number of benzene rings is 1. The number of alkyl halides is 3. The van der Waals surface area contributed by atoms with Crippen molar-refractivity contribution in [2.75, 3.05) is 0 Å². The van der Waals surface area contributed by atoms with E-state index in [4.69, 9.17) is 5.11 Å². The van der Waals surface area contributed by atoms with Crippen LogP contribution in [-0.4, -0.2) is 28.7 Å². The van der Waals surface area contributed by atoms with E-state index in [0.29, 0.717) is 5.56 Å². The number of carbonyl (C=O) groups excluding carboxylic acids is 1. The van der Waals surface area contributed by atoms with Gasteiger partial charge in [-0.1, -0.05) is 26.0 Å². The second kappa shape index (κ2) is 7.68. The van der Waals surface area contributed by atoms with Gasteiger partial charge in [0, 0.05) is 12.0 Å². The fourth-order valence-electron chi connectivity index (χ4n) is 2.15. The summed E-state index contributed by atoms with van der Waals surface area (Å²) in [5.41, 5.74) is -0.151. The number of amides is 1. The molecule has 134 valence electrons. The third-order valence-electron chi connectivity index (χ3n) is 4.11. The van der Waals surface area contributed by atoms with Crippen LogP contribution in [0.5, 0.6) is 0 Å². The van der Waals surface area contributed by atoms with Crippen molar-refractivity contribution in [3.05, 3.63) is 35.4 Å². The Labute approximate surface area is 139 Å². The van der Waals surface area contributed by atoms with E-state index in [2.05, 4.69) is 5.32 Å². The van der Waals surface area contributed by atoms with Crippen LogP contribution in [0.15, 0.2) is 24.3 Å². The molecular formula is C17H22F3NO3. The number of hydrogen-bond acceptors (Lipinski definition) is 2. The van der Waals surface area contributed by atoms with Crippen LogP contribution in [0.2, 0.25) is 0 Å². The summed E-state index contributed by atoms with van der Waals surface area (Å²) in [5.74, 6) is -1.58. The molecule has 1 aromatic rings. The molecule has 1 atom stereocenters. The molecule has 0 radical (unpaired) electrons. The van der Waals surface area contributed by atoms with Crippen LogP contribution < -0.4 is 5.32 Å². The Bertz CT molecular complexity index is 582. The Hall–Kier alpha value is -2.05. The van der Waals surface area contributed by atoms with Crippen molar-refractivity contribution >= 4 is 11.9 Å². The zero-order valence-electron chi connectivity index (χ0n) is 13.9. The molecule has 1 amide bonds. The van der Waals surface area contributed by atoms with E-state index in [-0.39, 0.29) is 24.3 Å². The highest BCUT2D eigenvalue weighted by Crippen LogP contribution is 2.23. The first-order valence-electron chi connectivity index (χ1n) is 7.63. The number of aryl methyl sites for hydroxylation is 1. The second-order valence-corrected chi connectivity index (χ2v) is 6.41. The van der Waals surface area contributed by atoms with Crippen molar-refractivity contribution in [2.24, 2.45) is 5.92 Å². The van der Waals surface area contributed by atoms with Crippen molar-refractivity contribution in [2.45, 2.75) is 51.7 Å². The van der Waals surface area contributed by atoms with E-state index < -0.39 is 30.0 Å². The zero-order chi connectivity index (χ0) is 18.5. The van der Waals surface area contributed by atoms with Gasteiger partial charge in [-0.2, -0.15) is 13.2 Å². The lowest BCUT2D eigenvalue weighted by molar-refractivity contribution is -0.139. The largest absolute Gasteiger partial charge is 0.481 e. The fraction of sp³-hybridized carbons (Fsp3) is 0.529. The summed E-state index contributed by atoms with van der Waals surface area (Å²) in [6.45, 7) is 5.27. The maximum atomic E-state index is 12.3. The highest BCUT2D eigenvalue weighted by atomic mass is 19.4. The minimum Gasteiger partial charge on any atom is -0.481 e. The molecule has 0 saturated carbocycles. The molecule has 0 aliphatic rings. The molecule has 0 aliphatic carbocycles. The van der Waals surface area contributed by atoms with E-state index in [9.17, 15) is 22.8 Å². The SMILES string of the molecule is CC(C)C(C)(CC(=O)O)NC(=O)c1ccc(CCC(F)(F)F)cc1. The predicted molar refractivity (Wildman–Crippen MR) is 83.8 cm³/mol. The van der Waals surface area contributed by atoms with Gasteiger partial charge in [0.25, 0.3) is 5.91 Å². The minimum atomic E-state index is -4.22. The molecule has 0 heterocycles. The Kier molecular flexibility index (Phi) is 6.40. The van der Waals surface area contributed by atoms with E-state index >= 15 is 0 Å². The van der Waals surface area contributed by atoms with Gasteiger partial charge in [-0.15, -0.1) is 0 Å². The lowest BCUT2D eigenvalue weighted by atomic mass is 9.85. The Morgan fingerprint density at radius 2 is 1.71 bits per heavy atom. The average molecular weight is 345 g/mol. The second-order valence-electron chi connectivity index (χ2n) is 6.41. The minimum absolute atomic E-state index is 0.108. The van der Waals surface area contributed by atoms with Gasteiger partial charge in [-0.05, 0) is 37.0 Å². The van der Waals surface area contributed by atoms with Gasteiger partial charge in [0.2, 0.25) is 0 Å². The lowest BCUT2D eigenvalue weighted by Gasteiger charge is -2.33. The molecule has 1 aromatic carbocycles. The van der Waals surface area contributed by atoms with Crippen LogP contribution in [0.25, 0.3) is 0 Å². The summed E-state index contributed by atoms with van der Waals surface area (Å²) in [6, 6.07) is 5.85. The van der Waals surface area contributed by atoms with Crippen LogP contribution in [0.1, 0.15) is 49.5 Å². The predicted octanol–water partition coefficient (Wildman–Crippen LogP) is 3.80. The first-order chi connectivity index (χ1) is 10.9. The van der Waals surface area contributed by atoms with Crippen molar-refractivity contribution < 1.29 is 27.9 Å². The first-order valence-corrected chi connectivity index (χ1v) is 7.63. The summed E-state index contributed by atoms with van der Waals surface area (Å²) in [4.78, 5) is 23.3. The number of hydrogen-bond donors (Lipinski definition) is 2. The smallest absolute Gasteiger partial charge is 0.389 e. The van der Waals surface area contributed by atoms with E-state index in [1.807, 2.05) is 13.8 Å². The number of carboxylic acids is 1. The molecule has 1 unspecified atom stereocenters. The molecule has 4 nitrogen and oxygen atoms in total. The molecule has 24 heavy (non-hydrogen) atoms. The Morgan fingerprint density at radius 3 is 2.12 bits per heavy atom. The molecule has 0 saturated heterocycles. The van der Waals surface area contributed by atoms with Crippen molar-refractivity contribution in [3.8, 4) is 0 Å². The highest BCUT2D eigenvalue weighted by molar-refractivity contribution is 5.95. The summed E-state index contributed by atoms with van der Waals surface area (Å²) in [6.07, 6.45) is -5.50. The van der Waals surface area contributed by atoms with Crippen LogP contribution in [0.4, 0.5) is 13.2 Å². The summed E-state index contributed by atoms with van der Waals surface area (Å²) in [7, 11) is 0. The van der Waals surface area contributed by atoms with Crippen LogP contribution in [0, 0.1) is 5.92 Å². The number of carboxylic acid groups (broad SMARTS) is 1. The molecule has 0 aliphatic heterocycles. The van der Waals surface area contributed by atoms with Crippen molar-refractivity contribution in [1.82, 2.24) is 5.32 Å². The van der Waals surface area contributed by atoms with Crippen LogP contribution in [-0.2, 0) is 11.2 Å². The number of rotatable bonds is 7. The quantitative estimate of drug-likeness (QED) is 0.790. The number of carbonyl (C=O) groups is 2. The van der Waals surface area contributed by atoms with Gasteiger partial charge >= 0.3 is 12.1 Å². The number of nitrogens with one attached hydrogen (secondary N) is 1. The van der Waals surface area contributed by atoms with Gasteiger partial charge in [0.15, 0.2) is 0 Å². The van der Waals surface area contributed by atoms with Crippen molar-refractivity contribution in [1.29, 1.82) is 0 Å². The van der Waals surface area contributed by atoms with Gasteiger partial charge < -0.3 is 10.4 Å². The molecular weight excluding hydrogens is 323 g/mol. The van der Waals surface area contributed by atoms with E-state index in [0.717, 1.165) is 0 Å². The third-order valence-corrected chi connectivity index (χ3v) is 4.11. The monoisotopic (exact) mass is 345 g/mol. The lowest BCUT2D eigenvalue weighted by Crippen LogP contribution is -2.51. The van der Waals surface area contributed by atoms with Gasteiger partial charge in [-0.3, -0.25) is 9.59 Å². The Balaban J connectivity index is 2.79. The molecule has 0 spiro atoms. The summed E-state index contributed by atoms with van der Waals surface area (Å²) < 4.78 is 36.6. The fourth-order valence-corrected chi connectivity index (χ4v) is 2.15. The van der Waals surface area contributed by atoms with Crippen LogP contribution >= 0.6 is 0 Å². The molecule has 2 N–H and O–H groups in total. The normalized spacial score (nSPS) is 14.3. The summed E-state index contributed by atoms with van der Waals surface area (Å²) in [5, 5.41) is 11.7. The standard InChI is InChI=1S/C17H22F3NO3/c1-11(2)16(3,10-14(22)23)21-15(24)13-6-4-12(5-7-13)8-9-17(18,19)20/h4-7,11H,8-10H2,1-3H3,(H,21,24)(H,22,23). The number of halogens is 3. The van der Waals surface area contributed by atoms with E-state index in [1.165, 1.54) is 24.3 Å². The van der Waals surface area contributed by atoms with E-state index in [1.54, 1.807) is 6.92 Å². The molecule has 0 fully saturated rings. The summed E-state index contributed by atoms with van der Waals surface area (Å²) >= 11 is 0. The highest BCUT2D eigenvalue weighted by Gasteiger charge is 2.33. The Morgan fingerprint density at radius 1 is 1.17 bits per heavy atom. The van der Waals surface area contributed by atoms with Gasteiger partial charge in [0.05, 0.1) is 12.0 Å². The van der Waals surface area contributed by atoms with Gasteiger partial charge in [-0.25, -0.2) is 0 Å². The zero-order valence-corrected chi connectivity index (χ0v) is 13.9. The maximum Gasteiger partial charge on any atom is 0.389 e.